The van der Waals surface area contributed by atoms with Gasteiger partial charge in [-0.05, 0) is 50.0 Å². The average molecular weight is 537 g/mol. The lowest BCUT2D eigenvalue weighted by Crippen LogP contribution is -2.47. The smallest absolute Gasteiger partial charge is 0.245 e. The Morgan fingerprint density at radius 3 is 2.63 bits per heavy atom. The standard InChI is InChI=1S/C26H32N8O3S/c27-10-6-25(21-8-12-31(13-9-21)20-38(35)36)33-19-22(18-29-33)24-7-11-28-26(30-24)34(23-4-2-1-3-5-23)32-14-16-37-17-15-32/h1-5,7,11,18-19,21,25H,6,8-9,12-17,20H2,(H,35,36). The van der Waals surface area contributed by atoms with Crippen molar-refractivity contribution in [1.29, 1.82) is 5.26 Å². The second-order valence-electron chi connectivity index (χ2n) is 9.50. The molecule has 11 nitrogen and oxygen atoms in total. The normalized spacial score (nSPS) is 19.1. The number of nitrogens with zero attached hydrogens (tertiary/aromatic N) is 8. The highest BCUT2D eigenvalue weighted by Gasteiger charge is 2.29. The second kappa shape index (κ2) is 12.6. The number of hydrazine groups is 1. The zero-order valence-corrected chi connectivity index (χ0v) is 22.0. The van der Waals surface area contributed by atoms with Gasteiger partial charge >= 0.3 is 0 Å². The highest BCUT2D eigenvalue weighted by Crippen LogP contribution is 2.32. The average Bonchev–Trinajstić information content (AvgIpc) is 3.44. The molecule has 2 saturated heterocycles. The monoisotopic (exact) mass is 536 g/mol. The van der Waals surface area contributed by atoms with Crippen molar-refractivity contribution in [2.75, 3.05) is 50.3 Å². The first-order valence-corrected chi connectivity index (χ1v) is 14.1. The van der Waals surface area contributed by atoms with E-state index in [1.807, 2.05) is 57.2 Å². The van der Waals surface area contributed by atoms with Gasteiger partial charge < -0.3 is 9.29 Å². The molecule has 0 spiro atoms. The van der Waals surface area contributed by atoms with E-state index >= 15 is 0 Å². The minimum absolute atomic E-state index is 0.0639. The first-order chi connectivity index (χ1) is 18.6. The third-order valence-electron chi connectivity index (χ3n) is 7.11. The summed E-state index contributed by atoms with van der Waals surface area (Å²) < 4.78 is 27.8. The van der Waals surface area contributed by atoms with Crippen LogP contribution in [0.4, 0.5) is 11.6 Å². The van der Waals surface area contributed by atoms with Crippen molar-refractivity contribution in [3.05, 3.63) is 55.0 Å². The van der Waals surface area contributed by atoms with Crippen LogP contribution in [0.3, 0.4) is 0 Å². The molecule has 3 aromatic rings. The van der Waals surface area contributed by atoms with Crippen LogP contribution in [0.25, 0.3) is 11.3 Å². The molecule has 0 aliphatic carbocycles. The Morgan fingerprint density at radius 2 is 1.92 bits per heavy atom. The molecule has 2 aromatic heterocycles. The predicted molar refractivity (Wildman–Crippen MR) is 143 cm³/mol. The Bertz CT molecular complexity index is 1250. The quantitative estimate of drug-likeness (QED) is 0.408. The van der Waals surface area contributed by atoms with Crippen molar-refractivity contribution in [2.24, 2.45) is 5.92 Å². The van der Waals surface area contributed by atoms with Crippen molar-refractivity contribution in [2.45, 2.75) is 25.3 Å². The molecular formula is C26H32N8O3S. The maximum Gasteiger partial charge on any atom is 0.245 e. The highest BCUT2D eigenvalue weighted by molar-refractivity contribution is 7.79. The van der Waals surface area contributed by atoms with E-state index in [2.05, 4.69) is 21.2 Å². The Kier molecular flexibility index (Phi) is 8.72. The lowest BCUT2D eigenvalue weighted by Gasteiger charge is -2.37. The van der Waals surface area contributed by atoms with Gasteiger partial charge in [0.2, 0.25) is 5.95 Å². The van der Waals surface area contributed by atoms with Crippen molar-refractivity contribution >= 4 is 22.7 Å². The van der Waals surface area contributed by atoms with Crippen LogP contribution in [0.1, 0.15) is 25.3 Å². The predicted octanol–water partition coefficient (Wildman–Crippen LogP) is 3.07. The van der Waals surface area contributed by atoms with Gasteiger partial charge in [-0.15, -0.1) is 0 Å². The molecule has 0 radical (unpaired) electrons. The Labute approximate surface area is 224 Å². The zero-order chi connectivity index (χ0) is 26.3. The third-order valence-corrected chi connectivity index (χ3v) is 7.70. The van der Waals surface area contributed by atoms with Crippen molar-refractivity contribution < 1.29 is 13.5 Å². The Balaban J connectivity index is 1.37. The van der Waals surface area contributed by atoms with Gasteiger partial charge in [0.1, 0.15) is 5.88 Å². The van der Waals surface area contributed by atoms with Crippen LogP contribution in [-0.4, -0.2) is 83.7 Å². The van der Waals surface area contributed by atoms with Crippen LogP contribution in [-0.2, 0) is 15.8 Å². The SMILES string of the molecule is N#CCC(C1CCN(CS(=O)O)CC1)n1cc(-c2ccnc(N(c3ccccc3)N3CCOCC3)n2)cn1. The molecule has 0 bridgehead atoms. The van der Waals surface area contributed by atoms with Crippen LogP contribution in [0, 0.1) is 17.2 Å². The molecule has 1 N–H and O–H groups in total. The van der Waals surface area contributed by atoms with E-state index in [0.717, 1.165) is 56.0 Å². The number of morpholine rings is 1. The summed E-state index contributed by atoms with van der Waals surface area (Å²) in [5.74, 6) is 1.01. The van der Waals surface area contributed by atoms with Gasteiger partial charge in [-0.3, -0.25) is 9.58 Å². The molecule has 200 valence electrons. The molecule has 2 atom stereocenters. The minimum Gasteiger partial charge on any atom is -0.379 e. The van der Waals surface area contributed by atoms with E-state index in [0.29, 0.717) is 25.6 Å². The number of hydrogen-bond donors (Lipinski definition) is 1. The number of hydrogen-bond acceptors (Lipinski definition) is 9. The largest absolute Gasteiger partial charge is 0.379 e. The van der Waals surface area contributed by atoms with Gasteiger partial charge in [0.15, 0.2) is 11.1 Å². The maximum atomic E-state index is 11.2. The molecule has 12 heteroatoms. The summed E-state index contributed by atoms with van der Waals surface area (Å²) in [7, 11) is 0. The van der Waals surface area contributed by atoms with E-state index in [9.17, 15) is 14.0 Å². The lowest BCUT2D eigenvalue weighted by molar-refractivity contribution is 0.0371. The van der Waals surface area contributed by atoms with Crippen LogP contribution in [0.15, 0.2) is 55.0 Å². The number of likely N-dealkylation sites (tertiary alicyclic amines) is 1. The highest BCUT2D eigenvalue weighted by atomic mass is 32.2. The van der Waals surface area contributed by atoms with Crippen LogP contribution in [0.2, 0.25) is 0 Å². The van der Waals surface area contributed by atoms with Crippen LogP contribution >= 0.6 is 0 Å². The molecule has 2 aliphatic heterocycles. The van der Waals surface area contributed by atoms with Crippen LogP contribution < -0.4 is 5.01 Å². The molecule has 2 fully saturated rings. The van der Waals surface area contributed by atoms with Crippen LogP contribution in [0.5, 0.6) is 0 Å². The molecule has 0 amide bonds. The fourth-order valence-corrected chi connectivity index (χ4v) is 5.75. The number of anilines is 2. The number of nitriles is 1. The number of rotatable bonds is 9. The Morgan fingerprint density at radius 1 is 1.16 bits per heavy atom. The number of aromatic nitrogens is 4. The molecule has 2 unspecified atom stereocenters. The molecule has 2 aliphatic rings. The zero-order valence-electron chi connectivity index (χ0n) is 21.2. The summed E-state index contributed by atoms with van der Waals surface area (Å²) in [5, 5.41) is 18.4. The Hall–Kier alpha value is -3.21. The first-order valence-electron chi connectivity index (χ1n) is 12.8. The lowest BCUT2D eigenvalue weighted by atomic mass is 9.88. The molecule has 38 heavy (non-hydrogen) atoms. The maximum absolute atomic E-state index is 11.2. The van der Waals surface area contributed by atoms with E-state index in [-0.39, 0.29) is 17.8 Å². The van der Waals surface area contributed by atoms with Gasteiger partial charge in [0, 0.05) is 31.0 Å². The minimum atomic E-state index is -1.83. The van der Waals surface area contributed by atoms with E-state index in [1.165, 1.54) is 0 Å². The second-order valence-corrected chi connectivity index (χ2v) is 10.4. The summed E-state index contributed by atoms with van der Waals surface area (Å²) >= 11 is -1.83. The fraction of sp³-hybridized carbons (Fsp3) is 0.462. The summed E-state index contributed by atoms with van der Waals surface area (Å²) in [6, 6.07) is 14.2. The van der Waals surface area contributed by atoms with Gasteiger partial charge in [0.05, 0.1) is 49.3 Å². The van der Waals surface area contributed by atoms with Crippen molar-refractivity contribution in [3.8, 4) is 17.3 Å². The summed E-state index contributed by atoms with van der Waals surface area (Å²) in [6.07, 6.45) is 7.57. The van der Waals surface area contributed by atoms with E-state index in [1.54, 1.807) is 12.4 Å². The summed E-state index contributed by atoms with van der Waals surface area (Å²) in [6.45, 7) is 4.24. The molecule has 0 saturated carbocycles. The molecule has 5 rings (SSSR count). The van der Waals surface area contributed by atoms with Crippen molar-refractivity contribution in [3.63, 3.8) is 0 Å². The van der Waals surface area contributed by atoms with Gasteiger partial charge in [-0.1, -0.05) is 18.2 Å². The third kappa shape index (κ3) is 6.25. The molecule has 4 heterocycles. The first kappa shape index (κ1) is 26.4. The molecule has 1 aromatic carbocycles. The van der Waals surface area contributed by atoms with Gasteiger partial charge in [-0.25, -0.2) is 24.2 Å². The number of piperidine rings is 1. The van der Waals surface area contributed by atoms with Gasteiger partial charge in [0.25, 0.3) is 0 Å². The van der Waals surface area contributed by atoms with E-state index < -0.39 is 11.1 Å². The topological polar surface area (TPSA) is 124 Å². The van der Waals surface area contributed by atoms with Crippen molar-refractivity contribution in [1.82, 2.24) is 29.7 Å². The number of para-hydroxylation sites is 1. The fourth-order valence-electron chi connectivity index (χ4n) is 5.18. The van der Waals surface area contributed by atoms with Gasteiger partial charge in [-0.2, -0.15) is 10.4 Å². The molecular weight excluding hydrogens is 504 g/mol. The summed E-state index contributed by atoms with van der Waals surface area (Å²) in [5.41, 5.74) is 2.60. The number of benzene rings is 1. The number of ether oxygens (including phenoxy) is 1. The van der Waals surface area contributed by atoms with E-state index in [4.69, 9.17) is 9.72 Å². The summed E-state index contributed by atoms with van der Waals surface area (Å²) in [4.78, 5) is 11.5.